The van der Waals surface area contributed by atoms with Gasteiger partial charge in [-0.3, -0.25) is 0 Å². The van der Waals surface area contributed by atoms with Gasteiger partial charge in [0.15, 0.2) is 0 Å². The molecule has 5 heteroatoms. The molecule has 0 spiro atoms. The molecule has 0 saturated heterocycles. The van der Waals surface area contributed by atoms with Crippen LogP contribution in [0.1, 0.15) is 15.9 Å². The summed E-state index contributed by atoms with van der Waals surface area (Å²) in [5, 5.41) is 18.0. The lowest BCUT2D eigenvalue weighted by molar-refractivity contribution is 0.0601. The van der Waals surface area contributed by atoms with Crippen LogP contribution in [0.4, 0.5) is 0 Å². The van der Waals surface area contributed by atoms with Crippen LogP contribution in [0, 0.1) is 6.92 Å². The molecule has 0 atom stereocenters. The fraction of sp³-hybridized carbons (Fsp3) is 0.222. The number of benzene rings is 1. The van der Waals surface area contributed by atoms with Gasteiger partial charge in [-0.1, -0.05) is 11.6 Å². The minimum Gasteiger partial charge on any atom is -0.465 e. The van der Waals surface area contributed by atoms with Crippen LogP contribution < -0.4 is 5.46 Å². The average Bonchev–Trinajstić information content (AvgIpc) is 2.17. The second-order valence-electron chi connectivity index (χ2n) is 2.94. The summed E-state index contributed by atoms with van der Waals surface area (Å²) in [6.07, 6.45) is 0. The number of carbonyl (C=O) groups is 1. The van der Waals surface area contributed by atoms with E-state index < -0.39 is 13.1 Å². The van der Waals surface area contributed by atoms with Crippen LogP contribution in [0.2, 0.25) is 0 Å². The molecule has 0 bridgehead atoms. The molecule has 0 aromatic heterocycles. The zero-order valence-electron chi connectivity index (χ0n) is 8.02. The van der Waals surface area contributed by atoms with Crippen molar-refractivity contribution >= 4 is 18.6 Å². The van der Waals surface area contributed by atoms with Gasteiger partial charge in [-0.25, -0.2) is 4.79 Å². The molecule has 0 radical (unpaired) electrons. The van der Waals surface area contributed by atoms with Crippen molar-refractivity contribution in [3.63, 3.8) is 0 Å². The number of aryl methyl sites for hydroxylation is 1. The largest absolute Gasteiger partial charge is 0.488 e. The quantitative estimate of drug-likeness (QED) is 0.490. The lowest BCUT2D eigenvalue weighted by Gasteiger charge is -2.06. The van der Waals surface area contributed by atoms with Gasteiger partial charge in [-0.2, -0.15) is 0 Å². The summed E-state index contributed by atoms with van der Waals surface area (Å²) in [5.74, 6) is -0.494. The van der Waals surface area contributed by atoms with Crippen LogP contribution in [-0.2, 0) is 4.74 Å². The smallest absolute Gasteiger partial charge is 0.465 e. The van der Waals surface area contributed by atoms with E-state index in [1.54, 1.807) is 19.1 Å². The van der Waals surface area contributed by atoms with E-state index in [-0.39, 0.29) is 0 Å². The Kier molecular flexibility index (Phi) is 3.27. The molecule has 0 amide bonds. The number of hydrogen-bond acceptors (Lipinski definition) is 4. The van der Waals surface area contributed by atoms with Gasteiger partial charge in [-0.15, -0.1) is 0 Å². The van der Waals surface area contributed by atoms with Gasteiger partial charge in [0.1, 0.15) is 0 Å². The van der Waals surface area contributed by atoms with E-state index in [9.17, 15) is 4.79 Å². The topological polar surface area (TPSA) is 66.8 Å². The predicted octanol–water partition coefficient (Wildman–Crippen LogP) is -0.539. The molecule has 0 fully saturated rings. The molecule has 14 heavy (non-hydrogen) atoms. The van der Waals surface area contributed by atoms with Gasteiger partial charge in [0.05, 0.1) is 12.7 Å². The number of esters is 1. The lowest BCUT2D eigenvalue weighted by atomic mass is 9.76. The van der Waals surface area contributed by atoms with Crippen LogP contribution in [-0.4, -0.2) is 30.2 Å². The molecule has 1 aromatic rings. The first-order chi connectivity index (χ1) is 6.56. The van der Waals surface area contributed by atoms with E-state index in [2.05, 4.69) is 4.74 Å². The van der Waals surface area contributed by atoms with Crippen molar-refractivity contribution in [1.82, 2.24) is 0 Å². The molecule has 0 aliphatic carbocycles. The van der Waals surface area contributed by atoms with Crippen molar-refractivity contribution in [2.75, 3.05) is 7.11 Å². The standard InChI is InChI=1S/C9H11BO4/c1-6-3-4-7(9(11)14-2)5-8(6)10(12)13/h3-5,12-13H,1-2H3. The number of rotatable bonds is 2. The molecule has 1 rings (SSSR count). The first-order valence-electron chi connectivity index (χ1n) is 4.11. The number of hydrogen-bond donors (Lipinski definition) is 2. The molecule has 4 nitrogen and oxygen atoms in total. The Labute approximate surface area is 82.3 Å². The molecular formula is C9H11BO4. The molecule has 74 valence electrons. The maximum atomic E-state index is 11.1. The predicted molar refractivity (Wildman–Crippen MR) is 52.3 cm³/mol. The summed E-state index contributed by atoms with van der Waals surface area (Å²) in [6.45, 7) is 1.73. The van der Waals surface area contributed by atoms with E-state index in [1.807, 2.05) is 0 Å². The number of carbonyl (C=O) groups excluding carboxylic acids is 1. The molecule has 1 aromatic carbocycles. The van der Waals surface area contributed by atoms with Crippen LogP contribution in [0.5, 0.6) is 0 Å². The fourth-order valence-electron chi connectivity index (χ4n) is 1.16. The summed E-state index contributed by atoms with van der Waals surface area (Å²) in [4.78, 5) is 11.1. The highest BCUT2D eigenvalue weighted by atomic mass is 16.5. The average molecular weight is 194 g/mol. The van der Waals surface area contributed by atoms with Crippen LogP contribution in [0.3, 0.4) is 0 Å². The van der Waals surface area contributed by atoms with E-state index in [0.717, 1.165) is 0 Å². The van der Waals surface area contributed by atoms with Crippen LogP contribution >= 0.6 is 0 Å². The highest BCUT2D eigenvalue weighted by molar-refractivity contribution is 6.59. The molecular weight excluding hydrogens is 183 g/mol. The van der Waals surface area contributed by atoms with Crippen molar-refractivity contribution < 1.29 is 19.6 Å². The summed E-state index contributed by atoms with van der Waals surface area (Å²) in [5.41, 5.74) is 1.33. The van der Waals surface area contributed by atoms with Crippen molar-refractivity contribution in [1.29, 1.82) is 0 Å². The molecule has 2 N–H and O–H groups in total. The van der Waals surface area contributed by atoms with Crippen molar-refractivity contribution in [3.8, 4) is 0 Å². The molecule has 0 aliphatic heterocycles. The zero-order valence-corrected chi connectivity index (χ0v) is 8.02. The van der Waals surface area contributed by atoms with Gasteiger partial charge in [0.2, 0.25) is 0 Å². The van der Waals surface area contributed by atoms with E-state index in [4.69, 9.17) is 10.0 Å². The van der Waals surface area contributed by atoms with Gasteiger partial charge in [0, 0.05) is 0 Å². The Morgan fingerprint density at radius 3 is 2.57 bits per heavy atom. The summed E-state index contributed by atoms with van der Waals surface area (Å²) < 4.78 is 4.51. The van der Waals surface area contributed by atoms with E-state index in [1.165, 1.54) is 13.2 Å². The normalized spacial score (nSPS) is 9.71. The summed E-state index contributed by atoms with van der Waals surface area (Å²) in [6, 6.07) is 4.62. The monoisotopic (exact) mass is 194 g/mol. The van der Waals surface area contributed by atoms with E-state index in [0.29, 0.717) is 16.6 Å². The third-order valence-corrected chi connectivity index (χ3v) is 1.98. The fourth-order valence-corrected chi connectivity index (χ4v) is 1.16. The Balaban J connectivity index is 3.13. The summed E-state index contributed by atoms with van der Waals surface area (Å²) in [7, 11) is -0.295. The minimum atomic E-state index is -1.57. The lowest BCUT2D eigenvalue weighted by Crippen LogP contribution is -2.32. The van der Waals surface area contributed by atoms with Gasteiger partial charge in [-0.05, 0) is 24.5 Å². The van der Waals surface area contributed by atoms with Crippen molar-refractivity contribution in [2.24, 2.45) is 0 Å². The van der Waals surface area contributed by atoms with Crippen LogP contribution in [0.25, 0.3) is 0 Å². The zero-order chi connectivity index (χ0) is 10.7. The second kappa shape index (κ2) is 4.26. The first kappa shape index (κ1) is 10.8. The third kappa shape index (κ3) is 2.13. The molecule has 0 aliphatic rings. The maximum Gasteiger partial charge on any atom is 0.488 e. The maximum absolute atomic E-state index is 11.1. The number of methoxy groups -OCH3 is 1. The molecule has 0 heterocycles. The Morgan fingerprint density at radius 2 is 2.07 bits per heavy atom. The third-order valence-electron chi connectivity index (χ3n) is 1.98. The molecule has 0 saturated carbocycles. The Bertz CT molecular complexity index is 349. The van der Waals surface area contributed by atoms with Crippen molar-refractivity contribution in [2.45, 2.75) is 6.92 Å². The van der Waals surface area contributed by atoms with Crippen molar-refractivity contribution in [3.05, 3.63) is 29.3 Å². The SMILES string of the molecule is COC(=O)c1ccc(C)c(B(O)O)c1. The highest BCUT2D eigenvalue weighted by Crippen LogP contribution is 2.03. The Morgan fingerprint density at radius 1 is 1.43 bits per heavy atom. The number of ether oxygens (including phenoxy) is 1. The summed E-state index contributed by atoms with van der Waals surface area (Å²) >= 11 is 0. The molecule has 0 unspecified atom stereocenters. The van der Waals surface area contributed by atoms with Gasteiger partial charge in [0.25, 0.3) is 0 Å². The van der Waals surface area contributed by atoms with E-state index >= 15 is 0 Å². The first-order valence-corrected chi connectivity index (χ1v) is 4.11. The second-order valence-corrected chi connectivity index (χ2v) is 2.94. The van der Waals surface area contributed by atoms with Gasteiger partial charge < -0.3 is 14.8 Å². The Hall–Kier alpha value is -1.33. The van der Waals surface area contributed by atoms with Gasteiger partial charge >= 0.3 is 13.1 Å². The van der Waals surface area contributed by atoms with Crippen LogP contribution in [0.15, 0.2) is 18.2 Å². The minimum absolute atomic E-state index is 0.307. The highest BCUT2D eigenvalue weighted by Gasteiger charge is 2.16.